The zero-order valence-electron chi connectivity index (χ0n) is 12.9. The smallest absolute Gasteiger partial charge is 0.153 e. The number of halogens is 1. The summed E-state index contributed by atoms with van der Waals surface area (Å²) >= 11 is 0. The molecule has 0 saturated carbocycles. The van der Waals surface area contributed by atoms with Gasteiger partial charge in [0.25, 0.3) is 0 Å². The monoisotopic (exact) mass is 317 g/mol. The molecule has 0 amide bonds. The molecule has 0 radical (unpaired) electrons. The second-order valence-electron chi connectivity index (χ2n) is 4.96. The highest BCUT2D eigenvalue weighted by Crippen LogP contribution is 2.21. The van der Waals surface area contributed by atoms with E-state index in [2.05, 4.69) is 5.32 Å². The second kappa shape index (κ2) is 8.34. The molecule has 1 N–H and O–H groups in total. The van der Waals surface area contributed by atoms with Crippen LogP contribution in [-0.4, -0.2) is 33.1 Å². The summed E-state index contributed by atoms with van der Waals surface area (Å²) in [4.78, 5) is 0. The molecule has 1 atom stereocenters. The third-order valence-electron chi connectivity index (χ3n) is 3.13. The van der Waals surface area contributed by atoms with Gasteiger partial charge in [-0.25, -0.2) is 12.8 Å². The average molecular weight is 317 g/mol. The number of rotatable bonds is 9. The van der Waals surface area contributed by atoms with Gasteiger partial charge in [-0.2, -0.15) is 0 Å². The lowest BCUT2D eigenvalue weighted by Gasteiger charge is -2.14. The van der Waals surface area contributed by atoms with Crippen LogP contribution in [0.15, 0.2) is 18.2 Å². The molecule has 120 valence electrons. The van der Waals surface area contributed by atoms with Crippen LogP contribution < -0.4 is 10.1 Å². The van der Waals surface area contributed by atoms with Gasteiger partial charge < -0.3 is 10.1 Å². The van der Waals surface area contributed by atoms with E-state index < -0.39 is 9.84 Å². The Hall–Kier alpha value is -1.14. The molecule has 1 unspecified atom stereocenters. The van der Waals surface area contributed by atoms with Crippen molar-refractivity contribution >= 4 is 9.84 Å². The Kier molecular flexibility index (Phi) is 7.11. The molecule has 1 aromatic rings. The molecule has 0 saturated heterocycles. The fourth-order valence-electron chi connectivity index (χ4n) is 2.06. The fraction of sp³-hybridized carbons (Fsp3) is 0.600. The maximum Gasteiger partial charge on any atom is 0.153 e. The van der Waals surface area contributed by atoms with E-state index in [4.69, 9.17) is 4.74 Å². The predicted molar refractivity (Wildman–Crippen MR) is 82.9 cm³/mol. The number of nitrogens with one attached hydrogen (secondary N) is 1. The molecule has 4 nitrogen and oxygen atoms in total. The molecule has 1 aromatic carbocycles. The molecule has 0 spiro atoms. The van der Waals surface area contributed by atoms with Gasteiger partial charge in [0.1, 0.15) is 18.2 Å². The molecular weight excluding hydrogens is 293 g/mol. The molecule has 6 heteroatoms. The molecule has 21 heavy (non-hydrogen) atoms. The average Bonchev–Trinajstić information content (AvgIpc) is 2.38. The van der Waals surface area contributed by atoms with Gasteiger partial charge in [-0.3, -0.25) is 0 Å². The summed E-state index contributed by atoms with van der Waals surface area (Å²) in [5.41, 5.74) is 0.572. The first-order valence-corrected chi connectivity index (χ1v) is 9.07. The van der Waals surface area contributed by atoms with E-state index in [0.29, 0.717) is 17.7 Å². The van der Waals surface area contributed by atoms with Gasteiger partial charge in [0.2, 0.25) is 0 Å². The highest BCUT2D eigenvalue weighted by Gasteiger charge is 2.12. The molecule has 0 heterocycles. The van der Waals surface area contributed by atoms with Gasteiger partial charge in [-0.05, 0) is 26.0 Å². The summed E-state index contributed by atoms with van der Waals surface area (Å²) in [7, 11) is -3.07. The van der Waals surface area contributed by atoms with Crippen LogP contribution in [0.5, 0.6) is 5.75 Å². The molecule has 0 aliphatic heterocycles. The van der Waals surface area contributed by atoms with Gasteiger partial charge in [0, 0.05) is 17.7 Å². The second-order valence-corrected chi connectivity index (χ2v) is 7.27. The molecule has 0 aliphatic carbocycles. The van der Waals surface area contributed by atoms with E-state index in [1.54, 1.807) is 12.1 Å². The van der Waals surface area contributed by atoms with Crippen LogP contribution >= 0.6 is 0 Å². The van der Waals surface area contributed by atoms with Gasteiger partial charge in [0.15, 0.2) is 9.84 Å². The van der Waals surface area contributed by atoms with Crippen molar-refractivity contribution in [3.05, 3.63) is 29.6 Å². The third-order valence-corrected chi connectivity index (χ3v) is 4.95. The normalized spacial score (nSPS) is 13.1. The Labute approximate surface area is 126 Å². The molecule has 1 rings (SSSR count). The summed E-state index contributed by atoms with van der Waals surface area (Å²) in [5.74, 6) is 0.117. The first-order valence-electron chi connectivity index (χ1n) is 7.25. The minimum absolute atomic E-state index is 0.0436. The summed E-state index contributed by atoms with van der Waals surface area (Å²) in [6, 6.07) is 4.56. The molecule has 0 bridgehead atoms. The maximum atomic E-state index is 14.0. The van der Waals surface area contributed by atoms with Crippen molar-refractivity contribution in [2.75, 3.05) is 24.7 Å². The van der Waals surface area contributed by atoms with Gasteiger partial charge >= 0.3 is 0 Å². The minimum atomic E-state index is -3.07. The Balaban J connectivity index is 2.60. The summed E-state index contributed by atoms with van der Waals surface area (Å²) in [6.07, 6.45) is 0.591. The van der Waals surface area contributed by atoms with Crippen molar-refractivity contribution in [1.82, 2.24) is 5.32 Å². The van der Waals surface area contributed by atoms with Gasteiger partial charge in [0.05, 0.1) is 11.5 Å². The quantitative estimate of drug-likeness (QED) is 0.761. The standard InChI is InChI=1S/C15H24FNO3S/c1-4-9-21(18,19)10-8-20-13-6-7-14(15(16)11-13)12(3)17-5-2/h6-7,11-12,17H,4-5,8-10H2,1-3H3. The van der Waals surface area contributed by atoms with Gasteiger partial charge in [-0.1, -0.05) is 19.9 Å². The zero-order chi connectivity index (χ0) is 15.9. The van der Waals surface area contributed by atoms with Crippen LogP contribution in [0.1, 0.15) is 38.8 Å². The lowest BCUT2D eigenvalue weighted by molar-refractivity contribution is 0.338. The SMILES string of the molecule is CCCS(=O)(=O)CCOc1ccc(C(C)NCC)c(F)c1. The van der Waals surface area contributed by atoms with Crippen LogP contribution in [0.4, 0.5) is 4.39 Å². The van der Waals surface area contributed by atoms with E-state index in [-0.39, 0.29) is 30.0 Å². The van der Waals surface area contributed by atoms with Crippen molar-refractivity contribution in [3.63, 3.8) is 0 Å². The Morgan fingerprint density at radius 2 is 2.00 bits per heavy atom. The van der Waals surface area contributed by atoms with E-state index in [1.807, 2.05) is 20.8 Å². The van der Waals surface area contributed by atoms with Crippen LogP contribution in [0, 0.1) is 5.82 Å². The lowest BCUT2D eigenvalue weighted by atomic mass is 10.1. The van der Waals surface area contributed by atoms with Crippen molar-refractivity contribution in [2.45, 2.75) is 33.2 Å². The predicted octanol–water partition coefficient (Wildman–Crippen LogP) is 2.70. The maximum absolute atomic E-state index is 14.0. The van der Waals surface area contributed by atoms with E-state index in [0.717, 1.165) is 6.54 Å². The number of ether oxygens (including phenoxy) is 1. The van der Waals surface area contributed by atoms with E-state index in [1.165, 1.54) is 6.07 Å². The zero-order valence-corrected chi connectivity index (χ0v) is 13.7. The van der Waals surface area contributed by atoms with E-state index in [9.17, 15) is 12.8 Å². The van der Waals surface area contributed by atoms with Crippen LogP contribution in [0.2, 0.25) is 0 Å². The topological polar surface area (TPSA) is 55.4 Å². The van der Waals surface area contributed by atoms with Crippen molar-refractivity contribution in [1.29, 1.82) is 0 Å². The number of benzene rings is 1. The van der Waals surface area contributed by atoms with Crippen LogP contribution in [-0.2, 0) is 9.84 Å². The van der Waals surface area contributed by atoms with E-state index >= 15 is 0 Å². The third kappa shape index (κ3) is 6.01. The summed E-state index contributed by atoms with van der Waals surface area (Å²) < 4.78 is 42.4. The van der Waals surface area contributed by atoms with Crippen LogP contribution in [0.25, 0.3) is 0 Å². The highest BCUT2D eigenvalue weighted by atomic mass is 32.2. The van der Waals surface area contributed by atoms with Crippen molar-refractivity contribution in [2.24, 2.45) is 0 Å². The lowest BCUT2D eigenvalue weighted by Crippen LogP contribution is -2.19. The van der Waals surface area contributed by atoms with Crippen molar-refractivity contribution < 1.29 is 17.5 Å². The minimum Gasteiger partial charge on any atom is -0.492 e. The summed E-state index contributed by atoms with van der Waals surface area (Å²) in [6.45, 7) is 6.47. The Morgan fingerprint density at radius 1 is 1.29 bits per heavy atom. The number of hydrogen-bond donors (Lipinski definition) is 1. The molecular formula is C15H24FNO3S. The Morgan fingerprint density at radius 3 is 2.57 bits per heavy atom. The molecule has 0 aromatic heterocycles. The van der Waals surface area contributed by atoms with Crippen LogP contribution in [0.3, 0.4) is 0 Å². The van der Waals surface area contributed by atoms with Crippen molar-refractivity contribution in [3.8, 4) is 5.75 Å². The van der Waals surface area contributed by atoms with Gasteiger partial charge in [-0.15, -0.1) is 0 Å². The highest BCUT2D eigenvalue weighted by molar-refractivity contribution is 7.91. The number of sulfone groups is 1. The first kappa shape index (κ1) is 17.9. The fourth-order valence-corrected chi connectivity index (χ4v) is 3.23. The summed E-state index contributed by atoms with van der Waals surface area (Å²) in [5, 5.41) is 3.14. The molecule has 0 fully saturated rings. The first-order chi connectivity index (χ1) is 9.89. The Bertz CT molecular complexity index is 546. The number of hydrogen-bond acceptors (Lipinski definition) is 4. The molecule has 0 aliphatic rings. The largest absolute Gasteiger partial charge is 0.492 e.